The minimum absolute atomic E-state index is 0.106. The quantitative estimate of drug-likeness (QED) is 0.0903. The van der Waals surface area contributed by atoms with E-state index in [2.05, 4.69) is 47.5 Å². The van der Waals surface area contributed by atoms with Crippen molar-refractivity contribution in [2.45, 2.75) is 147 Å². The van der Waals surface area contributed by atoms with Gasteiger partial charge in [-0.2, -0.15) is 0 Å². The second-order valence-corrected chi connectivity index (χ2v) is 23.9. The minimum Gasteiger partial charge on any atom is -0.394 e. The van der Waals surface area contributed by atoms with Crippen LogP contribution in [0.5, 0.6) is 0 Å². The van der Waals surface area contributed by atoms with E-state index in [0.717, 1.165) is 16.7 Å². The number of H-pyrrole nitrogens is 1. The lowest BCUT2D eigenvalue weighted by atomic mass is 9.85. The van der Waals surface area contributed by atoms with Crippen molar-refractivity contribution in [2.75, 3.05) is 37.3 Å². The average Bonchev–Trinajstić information content (AvgIpc) is 2.96. The van der Waals surface area contributed by atoms with Gasteiger partial charge < -0.3 is 67.7 Å². The summed E-state index contributed by atoms with van der Waals surface area (Å²) in [6.45, 7) is 8.66. The number of hydrogen-bond donors (Lipinski definition) is 12. The van der Waals surface area contributed by atoms with Crippen LogP contribution in [0, 0.1) is 35.5 Å². The maximum absolute atomic E-state index is 15.0. The summed E-state index contributed by atoms with van der Waals surface area (Å²) < 4.78 is 0. The molecule has 3 aromatic rings. The van der Waals surface area contributed by atoms with Gasteiger partial charge in [0, 0.05) is 92.2 Å². The predicted molar refractivity (Wildman–Crippen MR) is 311 cm³/mol. The van der Waals surface area contributed by atoms with Gasteiger partial charge in [-0.15, -0.1) is 11.8 Å². The summed E-state index contributed by atoms with van der Waals surface area (Å²) in [4.78, 5) is 171. The maximum Gasteiger partial charge on any atom is 0.243 e. The number of fused-ring (bicyclic) bond motifs is 5. The first kappa shape index (κ1) is 66.6. The summed E-state index contributed by atoms with van der Waals surface area (Å²) >= 11 is 1.07. The number of nitrogens with one attached hydrogen (secondary N) is 9. The first-order chi connectivity index (χ1) is 40.3. The third-order valence-corrected chi connectivity index (χ3v) is 17.1. The molecule has 3 aliphatic heterocycles. The van der Waals surface area contributed by atoms with Crippen LogP contribution >= 0.6 is 11.8 Å². The first-order valence-corrected chi connectivity index (χ1v) is 29.7. The third-order valence-electron chi connectivity index (χ3n) is 15.9. The number of nitrogens with zero attached hydrogens (tertiary/aromatic N) is 1. The molecule has 3 unspecified atom stereocenters. The molecule has 2 bridgehead atoms. The van der Waals surface area contributed by atoms with Crippen molar-refractivity contribution in [1.29, 1.82) is 0 Å². The number of aromatic nitrogens is 1. The summed E-state index contributed by atoms with van der Waals surface area (Å²) in [6, 6.07) is 6.93. The number of aliphatic hydroxyl groups excluding tert-OH is 3. The highest BCUT2D eigenvalue weighted by molar-refractivity contribution is 7.99. The Morgan fingerprint density at radius 1 is 0.800 bits per heavy atom. The highest BCUT2D eigenvalue weighted by Crippen LogP contribution is 2.34. The van der Waals surface area contributed by atoms with Gasteiger partial charge in [-0.1, -0.05) is 78.3 Å². The molecule has 9 amide bonds. The molecule has 0 radical (unpaired) electrons. The highest BCUT2D eigenvalue weighted by atomic mass is 32.2. The standard InChI is InChI=1S/C59H80N10O15S/c1-8-30(4)52-57(83)62-24-49(78)65-42-28-85-58-40(39-11-9-10-12-41(39)66-58)18-35(55(81)61-25-50(79)67-52)19-46(75)53(32(6)47(76)27-70)68-56(82)43-22-38(72)26-69(43)59(84)36(20-44(42)73)21-48(77)60-23-34-13-15-37(16-14-34)64-54(80)31(5)17-45(74)51(29(2)3)63-33(7)71/h9-16,29-32,35-36,38,42-43,47,51-53,66,70,72,76H,8,17-28H2,1-7H3,(H,60,77)(H,61,81)(H,62,83)(H,63,71)(H,64,80)(H,65,78)(H,67,79)(H,68,82)/t30-,31+,32-,35+,36-,38?,42?,43-,47-,51?,52-,53-/m0/s1. The average molecular weight is 1200 g/mol. The molecule has 2 aromatic carbocycles. The Hall–Kier alpha value is -7.55. The lowest BCUT2D eigenvalue weighted by Gasteiger charge is -2.32. The van der Waals surface area contributed by atoms with E-state index in [1.807, 2.05) is 0 Å². The Balaban J connectivity index is 1.35. The van der Waals surface area contributed by atoms with Crippen LogP contribution in [-0.4, -0.2) is 170 Å². The molecule has 12 N–H and O–H groups in total. The normalized spacial score (nSPS) is 24.3. The van der Waals surface area contributed by atoms with Crippen LogP contribution in [0.15, 0.2) is 53.6 Å². The van der Waals surface area contributed by atoms with E-state index in [9.17, 15) is 68.1 Å². The lowest BCUT2D eigenvalue weighted by Crippen LogP contribution is -2.56. The molecule has 1 aromatic heterocycles. The number of benzene rings is 2. The molecule has 4 heterocycles. The molecule has 1 fully saturated rings. The maximum atomic E-state index is 15.0. The van der Waals surface area contributed by atoms with E-state index < -0.39 is 176 Å². The van der Waals surface area contributed by atoms with Gasteiger partial charge in [-0.3, -0.25) is 57.5 Å². The van der Waals surface area contributed by atoms with Crippen molar-refractivity contribution in [3.8, 4) is 0 Å². The lowest BCUT2D eigenvalue weighted by molar-refractivity contribution is -0.145. The zero-order valence-electron chi connectivity index (χ0n) is 48.9. The Morgan fingerprint density at radius 3 is 2.13 bits per heavy atom. The van der Waals surface area contributed by atoms with E-state index in [0.29, 0.717) is 39.2 Å². The molecule has 462 valence electrons. The van der Waals surface area contributed by atoms with Crippen molar-refractivity contribution in [3.63, 3.8) is 0 Å². The summed E-state index contributed by atoms with van der Waals surface area (Å²) in [7, 11) is 0. The molecule has 0 spiro atoms. The summed E-state index contributed by atoms with van der Waals surface area (Å²) in [5, 5.41) is 54.4. The van der Waals surface area contributed by atoms with Crippen molar-refractivity contribution < 1.29 is 72.9 Å². The molecule has 1 saturated heterocycles. The first-order valence-electron chi connectivity index (χ1n) is 28.7. The molecule has 0 aliphatic carbocycles. The van der Waals surface area contributed by atoms with E-state index in [4.69, 9.17) is 0 Å². The predicted octanol–water partition coefficient (Wildman–Crippen LogP) is 0.0655. The van der Waals surface area contributed by atoms with Crippen LogP contribution in [0.1, 0.15) is 98.1 Å². The number of ketones is 3. The zero-order chi connectivity index (χ0) is 62.4. The number of para-hydroxylation sites is 1. The van der Waals surface area contributed by atoms with Gasteiger partial charge in [0.2, 0.25) is 53.2 Å². The molecular formula is C59H80N10O15S. The van der Waals surface area contributed by atoms with E-state index in [1.54, 1.807) is 83.1 Å². The molecule has 6 rings (SSSR count). The van der Waals surface area contributed by atoms with Gasteiger partial charge in [0.05, 0.1) is 61.0 Å². The Kier molecular flexibility index (Phi) is 23.9. The number of amides is 9. The third kappa shape index (κ3) is 18.0. The Morgan fingerprint density at radius 2 is 1.47 bits per heavy atom. The van der Waals surface area contributed by atoms with Crippen molar-refractivity contribution >= 4 is 98.9 Å². The number of anilines is 1. The molecule has 85 heavy (non-hydrogen) atoms. The molecule has 3 aliphatic rings. The Bertz CT molecular complexity index is 2990. The van der Waals surface area contributed by atoms with E-state index in [-0.39, 0.29) is 49.2 Å². The van der Waals surface area contributed by atoms with Crippen molar-refractivity contribution in [2.24, 2.45) is 35.5 Å². The summed E-state index contributed by atoms with van der Waals surface area (Å²) in [5.41, 5.74) is 2.03. The van der Waals surface area contributed by atoms with Crippen LogP contribution in [-0.2, 0) is 70.5 Å². The number of thioether (sulfide) groups is 1. The Labute approximate surface area is 496 Å². The second-order valence-electron chi connectivity index (χ2n) is 22.9. The minimum atomic E-state index is -1.61. The van der Waals surface area contributed by atoms with Gasteiger partial charge in [-0.05, 0) is 47.6 Å². The van der Waals surface area contributed by atoms with E-state index >= 15 is 4.79 Å². The van der Waals surface area contributed by atoms with Gasteiger partial charge in [0.1, 0.15) is 12.1 Å². The van der Waals surface area contributed by atoms with Crippen LogP contribution in [0.25, 0.3) is 10.9 Å². The summed E-state index contributed by atoms with van der Waals surface area (Å²) in [6.07, 6.45) is -5.13. The number of rotatable bonds is 16. The number of carbonyl (C=O) groups is 12. The molecular weight excluding hydrogens is 1120 g/mol. The molecule has 25 nitrogen and oxygen atoms in total. The van der Waals surface area contributed by atoms with E-state index in [1.165, 1.54) is 13.8 Å². The fourth-order valence-electron chi connectivity index (χ4n) is 10.7. The second kappa shape index (κ2) is 30.5. The van der Waals surface area contributed by atoms with Gasteiger partial charge >= 0.3 is 0 Å². The number of hydrogen-bond acceptors (Lipinski definition) is 16. The SMILES string of the molecule is CC[C@H](C)[C@@H]1NC(=O)CNC(=O)[C@H]2CC(=O)[C@H]([C@@H](C)[C@@H](O)CO)NC(=O)[C@@H]3CC(O)CN3C(=O)[C@H](CC(=O)NCc3ccc(NC(=O)[C@H](C)CC(=O)C(NC(C)=O)C(C)C)cc3)CC(=O)C(CSc3[nH]c4ccccc4c3C2)NC(=O)CNC1=O. The monoisotopic (exact) mass is 1200 g/mol. The summed E-state index contributed by atoms with van der Waals surface area (Å²) in [5.74, 6) is -14.0. The van der Waals surface area contributed by atoms with Gasteiger partial charge in [-0.25, -0.2) is 0 Å². The number of aliphatic hydroxyl groups is 3. The molecule has 0 saturated carbocycles. The largest absolute Gasteiger partial charge is 0.394 e. The number of aromatic amines is 1. The van der Waals surface area contributed by atoms with Gasteiger partial charge in [0.15, 0.2) is 17.3 Å². The fourth-order valence-corrected chi connectivity index (χ4v) is 11.8. The topological polar surface area (TPSA) is 381 Å². The van der Waals surface area contributed by atoms with Crippen LogP contribution in [0.3, 0.4) is 0 Å². The highest BCUT2D eigenvalue weighted by Gasteiger charge is 2.45. The van der Waals surface area contributed by atoms with Crippen LogP contribution in [0.2, 0.25) is 0 Å². The number of Topliss-reactive ketones (excluding diaryl/α,β-unsaturated/α-hetero) is 3. The smallest absolute Gasteiger partial charge is 0.243 e. The van der Waals surface area contributed by atoms with Crippen molar-refractivity contribution in [1.82, 2.24) is 47.1 Å². The molecule has 12 atom stereocenters. The number of carbonyl (C=O) groups excluding carboxylic acids is 12. The fraction of sp³-hybridized carbons (Fsp3) is 0.559. The van der Waals surface area contributed by atoms with Crippen LogP contribution in [0.4, 0.5) is 5.69 Å². The zero-order valence-corrected chi connectivity index (χ0v) is 49.7. The van der Waals surface area contributed by atoms with Crippen LogP contribution < -0.4 is 42.5 Å². The van der Waals surface area contributed by atoms with Crippen molar-refractivity contribution in [3.05, 3.63) is 59.7 Å². The molecule has 26 heteroatoms. The van der Waals surface area contributed by atoms with Gasteiger partial charge in [0.25, 0.3) is 0 Å².